The maximum atomic E-state index is 5.42. The fraction of sp³-hybridized carbons (Fsp3) is 0.750. The number of hydrogen-bond donors (Lipinski definition) is 1. The number of rotatable bonds is 5. The molecule has 0 aromatic heterocycles. The molecule has 0 spiro atoms. The van der Waals surface area contributed by atoms with Gasteiger partial charge in [0.2, 0.25) is 0 Å². The van der Waals surface area contributed by atoms with Crippen molar-refractivity contribution in [2.45, 2.75) is 26.4 Å². The summed E-state index contributed by atoms with van der Waals surface area (Å²) in [6, 6.07) is 0. The molecule has 0 aromatic rings. The minimum atomic E-state index is -0.0804. The SMILES string of the molecule is C=CNCC(C)(C)OCC. The summed E-state index contributed by atoms with van der Waals surface area (Å²) in [4.78, 5) is 0. The molecule has 0 aliphatic carbocycles. The van der Waals surface area contributed by atoms with Gasteiger partial charge in [0.1, 0.15) is 0 Å². The molecule has 0 atom stereocenters. The molecule has 0 saturated heterocycles. The lowest BCUT2D eigenvalue weighted by molar-refractivity contribution is -0.00656. The highest BCUT2D eigenvalue weighted by Gasteiger charge is 2.15. The summed E-state index contributed by atoms with van der Waals surface area (Å²) in [5, 5.41) is 3.01. The quantitative estimate of drug-likeness (QED) is 0.630. The Kier molecular flexibility index (Phi) is 4.12. The Morgan fingerprint density at radius 1 is 1.60 bits per heavy atom. The van der Waals surface area contributed by atoms with Crippen LogP contribution in [-0.4, -0.2) is 18.8 Å². The zero-order valence-electron chi connectivity index (χ0n) is 7.11. The smallest absolute Gasteiger partial charge is 0.0797 e. The lowest BCUT2D eigenvalue weighted by Gasteiger charge is -2.24. The third kappa shape index (κ3) is 4.39. The average Bonchev–Trinajstić information content (AvgIpc) is 1.84. The molecule has 0 amide bonds. The van der Waals surface area contributed by atoms with Crippen molar-refractivity contribution in [2.75, 3.05) is 13.2 Å². The second kappa shape index (κ2) is 4.34. The number of ether oxygens (including phenoxy) is 1. The summed E-state index contributed by atoms with van der Waals surface area (Å²) in [6.45, 7) is 11.2. The molecule has 0 aliphatic rings. The van der Waals surface area contributed by atoms with Crippen LogP contribution >= 0.6 is 0 Å². The fourth-order valence-corrected chi connectivity index (χ4v) is 0.760. The largest absolute Gasteiger partial charge is 0.388 e. The molecular weight excluding hydrogens is 126 g/mol. The minimum Gasteiger partial charge on any atom is -0.388 e. The molecule has 0 heterocycles. The molecule has 2 heteroatoms. The van der Waals surface area contributed by atoms with E-state index in [0.29, 0.717) is 0 Å². The van der Waals surface area contributed by atoms with Gasteiger partial charge in [0.25, 0.3) is 0 Å². The summed E-state index contributed by atoms with van der Waals surface area (Å²) >= 11 is 0. The highest BCUT2D eigenvalue weighted by atomic mass is 16.5. The molecule has 0 unspecified atom stereocenters. The van der Waals surface area contributed by atoms with Crippen molar-refractivity contribution in [3.8, 4) is 0 Å². The first kappa shape index (κ1) is 9.50. The first-order valence-corrected chi connectivity index (χ1v) is 3.60. The standard InChI is InChI=1S/C8H17NO/c1-5-9-7-8(3,4)10-6-2/h5,9H,1,6-7H2,2-4H3. The van der Waals surface area contributed by atoms with Crippen molar-refractivity contribution in [1.82, 2.24) is 5.32 Å². The van der Waals surface area contributed by atoms with Gasteiger partial charge in [-0.15, -0.1) is 0 Å². The van der Waals surface area contributed by atoms with E-state index in [0.717, 1.165) is 13.2 Å². The Hall–Kier alpha value is -0.500. The first-order valence-electron chi connectivity index (χ1n) is 3.60. The maximum absolute atomic E-state index is 5.42. The normalized spacial score (nSPS) is 11.1. The summed E-state index contributed by atoms with van der Waals surface area (Å²) < 4.78 is 5.42. The Balaban J connectivity index is 3.51. The Bertz CT molecular complexity index is 99.4. The molecule has 1 N–H and O–H groups in total. The molecule has 0 aromatic carbocycles. The van der Waals surface area contributed by atoms with Crippen LogP contribution in [0.4, 0.5) is 0 Å². The molecule has 0 saturated carbocycles. The minimum absolute atomic E-state index is 0.0804. The molecule has 0 bridgehead atoms. The highest BCUT2D eigenvalue weighted by Crippen LogP contribution is 2.06. The summed E-state index contributed by atoms with van der Waals surface area (Å²) in [6.07, 6.45) is 1.68. The second-order valence-corrected chi connectivity index (χ2v) is 2.78. The van der Waals surface area contributed by atoms with Crippen LogP contribution in [0.3, 0.4) is 0 Å². The van der Waals surface area contributed by atoms with Gasteiger partial charge in [-0.1, -0.05) is 6.58 Å². The Labute approximate surface area is 63.3 Å². The van der Waals surface area contributed by atoms with Crippen LogP contribution in [-0.2, 0) is 4.74 Å². The molecule has 2 nitrogen and oxygen atoms in total. The van der Waals surface area contributed by atoms with Crippen molar-refractivity contribution >= 4 is 0 Å². The van der Waals surface area contributed by atoms with Crippen molar-refractivity contribution in [2.24, 2.45) is 0 Å². The van der Waals surface area contributed by atoms with Gasteiger partial charge in [-0.3, -0.25) is 0 Å². The van der Waals surface area contributed by atoms with Gasteiger partial charge in [-0.2, -0.15) is 0 Å². The lowest BCUT2D eigenvalue weighted by atomic mass is 10.1. The third-order valence-electron chi connectivity index (χ3n) is 1.21. The van der Waals surface area contributed by atoms with Gasteiger partial charge in [0.15, 0.2) is 0 Å². The molecule has 0 radical (unpaired) electrons. The van der Waals surface area contributed by atoms with Gasteiger partial charge in [-0.05, 0) is 27.0 Å². The van der Waals surface area contributed by atoms with Crippen LogP contribution in [0.1, 0.15) is 20.8 Å². The van der Waals surface area contributed by atoms with E-state index >= 15 is 0 Å². The van der Waals surface area contributed by atoms with E-state index in [9.17, 15) is 0 Å². The van der Waals surface area contributed by atoms with Crippen LogP contribution < -0.4 is 5.32 Å². The molecule has 0 aliphatic heterocycles. The van der Waals surface area contributed by atoms with Crippen LogP contribution in [0.15, 0.2) is 12.8 Å². The highest BCUT2D eigenvalue weighted by molar-refractivity contribution is 4.75. The van der Waals surface area contributed by atoms with Crippen molar-refractivity contribution in [3.63, 3.8) is 0 Å². The lowest BCUT2D eigenvalue weighted by Crippen LogP contribution is -2.35. The second-order valence-electron chi connectivity index (χ2n) is 2.78. The summed E-state index contributed by atoms with van der Waals surface area (Å²) in [7, 11) is 0. The summed E-state index contributed by atoms with van der Waals surface area (Å²) in [5.74, 6) is 0. The number of nitrogens with one attached hydrogen (secondary N) is 1. The first-order chi connectivity index (χ1) is 4.62. The molecule has 0 rings (SSSR count). The van der Waals surface area contributed by atoms with Gasteiger partial charge < -0.3 is 10.1 Å². The van der Waals surface area contributed by atoms with E-state index < -0.39 is 0 Å². The maximum Gasteiger partial charge on any atom is 0.0797 e. The van der Waals surface area contributed by atoms with E-state index in [1.807, 2.05) is 20.8 Å². The van der Waals surface area contributed by atoms with Gasteiger partial charge in [0, 0.05) is 13.2 Å². The topological polar surface area (TPSA) is 21.3 Å². The summed E-state index contributed by atoms with van der Waals surface area (Å²) in [5.41, 5.74) is -0.0804. The van der Waals surface area contributed by atoms with Crippen molar-refractivity contribution < 1.29 is 4.74 Å². The van der Waals surface area contributed by atoms with E-state index in [-0.39, 0.29) is 5.60 Å². The molecule has 10 heavy (non-hydrogen) atoms. The predicted molar refractivity (Wildman–Crippen MR) is 43.9 cm³/mol. The van der Waals surface area contributed by atoms with Gasteiger partial charge >= 0.3 is 0 Å². The zero-order valence-corrected chi connectivity index (χ0v) is 7.11. The third-order valence-corrected chi connectivity index (χ3v) is 1.21. The van der Waals surface area contributed by atoms with Crippen LogP contribution in [0.5, 0.6) is 0 Å². The molecule has 0 fully saturated rings. The monoisotopic (exact) mass is 143 g/mol. The Morgan fingerprint density at radius 3 is 2.60 bits per heavy atom. The average molecular weight is 143 g/mol. The molecular formula is C8H17NO. The van der Waals surface area contributed by atoms with E-state index in [4.69, 9.17) is 4.74 Å². The number of hydrogen-bond acceptors (Lipinski definition) is 2. The molecule has 60 valence electrons. The fourth-order valence-electron chi connectivity index (χ4n) is 0.760. The van der Waals surface area contributed by atoms with Crippen molar-refractivity contribution in [1.29, 1.82) is 0 Å². The van der Waals surface area contributed by atoms with E-state index in [1.165, 1.54) is 0 Å². The zero-order chi connectivity index (χ0) is 8.04. The Morgan fingerprint density at radius 2 is 2.20 bits per heavy atom. The van der Waals surface area contributed by atoms with Crippen molar-refractivity contribution in [3.05, 3.63) is 12.8 Å². The van der Waals surface area contributed by atoms with Gasteiger partial charge in [-0.25, -0.2) is 0 Å². The van der Waals surface area contributed by atoms with E-state index in [1.54, 1.807) is 6.20 Å². The van der Waals surface area contributed by atoms with Crippen LogP contribution in [0.25, 0.3) is 0 Å². The van der Waals surface area contributed by atoms with Crippen LogP contribution in [0, 0.1) is 0 Å². The van der Waals surface area contributed by atoms with Gasteiger partial charge in [0.05, 0.1) is 5.60 Å². The van der Waals surface area contributed by atoms with Crippen LogP contribution in [0.2, 0.25) is 0 Å². The van der Waals surface area contributed by atoms with E-state index in [2.05, 4.69) is 11.9 Å². The predicted octanol–water partition coefficient (Wildman–Crippen LogP) is 1.53.